The maximum atomic E-state index is 4.75. The van der Waals surface area contributed by atoms with E-state index in [9.17, 15) is 0 Å². The first-order valence-electron chi connectivity index (χ1n) is 9.54. The van der Waals surface area contributed by atoms with Gasteiger partial charge in [0.15, 0.2) is 0 Å². The summed E-state index contributed by atoms with van der Waals surface area (Å²) in [7, 11) is 0. The Morgan fingerprint density at radius 1 is 0.759 bits per heavy atom. The topological polar surface area (TPSA) is 56.5 Å². The predicted octanol–water partition coefficient (Wildman–Crippen LogP) is 4.91. The molecule has 3 heterocycles. The monoisotopic (exact) mass is 377 g/mol. The summed E-state index contributed by atoms with van der Waals surface area (Å²) < 4.78 is 1.92. The molecule has 2 aromatic carbocycles. The van der Waals surface area contributed by atoms with Crippen molar-refractivity contribution < 1.29 is 0 Å². The van der Waals surface area contributed by atoms with Crippen molar-refractivity contribution in [3.8, 4) is 22.5 Å². The number of para-hydroxylation sites is 1. The van der Waals surface area contributed by atoms with Gasteiger partial charge in [0.2, 0.25) is 0 Å². The summed E-state index contributed by atoms with van der Waals surface area (Å²) in [6.07, 6.45) is 1.99. The third kappa shape index (κ3) is 3.62. The van der Waals surface area contributed by atoms with E-state index in [1.807, 2.05) is 66.3 Å². The number of aryl methyl sites for hydroxylation is 1. The Labute approximate surface area is 168 Å². The fourth-order valence-corrected chi connectivity index (χ4v) is 3.36. The van der Waals surface area contributed by atoms with E-state index in [0.717, 1.165) is 44.8 Å². The normalized spacial score (nSPS) is 11.1. The smallest absolute Gasteiger partial charge is 0.0930 e. The van der Waals surface area contributed by atoms with Crippen LogP contribution in [0.2, 0.25) is 0 Å². The lowest BCUT2D eigenvalue weighted by Crippen LogP contribution is -2.02. The minimum atomic E-state index is 0.633. The third-order valence-electron chi connectivity index (χ3n) is 4.87. The molecule has 0 bridgehead atoms. The van der Waals surface area contributed by atoms with Gasteiger partial charge in [0.05, 0.1) is 34.8 Å². The molecule has 5 aromatic rings. The molecule has 0 N–H and O–H groups in total. The lowest BCUT2D eigenvalue weighted by molar-refractivity contribution is 0.677. The van der Waals surface area contributed by atoms with Gasteiger partial charge >= 0.3 is 0 Å². The van der Waals surface area contributed by atoms with E-state index >= 15 is 0 Å². The van der Waals surface area contributed by atoms with Gasteiger partial charge in [0.25, 0.3) is 0 Å². The van der Waals surface area contributed by atoms with Crippen molar-refractivity contribution in [2.75, 3.05) is 0 Å². The molecule has 0 amide bonds. The van der Waals surface area contributed by atoms with Crippen molar-refractivity contribution in [3.05, 3.63) is 96.4 Å². The predicted molar refractivity (Wildman–Crippen MR) is 114 cm³/mol. The fourth-order valence-electron chi connectivity index (χ4n) is 3.36. The van der Waals surface area contributed by atoms with E-state index in [2.05, 4.69) is 40.5 Å². The molecule has 0 aliphatic heterocycles. The van der Waals surface area contributed by atoms with E-state index < -0.39 is 0 Å². The Hall–Kier alpha value is -3.86. The highest BCUT2D eigenvalue weighted by molar-refractivity contribution is 5.78. The zero-order chi connectivity index (χ0) is 19.6. The third-order valence-corrected chi connectivity index (χ3v) is 4.87. The zero-order valence-corrected chi connectivity index (χ0v) is 16.0. The van der Waals surface area contributed by atoms with Gasteiger partial charge in [0.1, 0.15) is 0 Å². The van der Waals surface area contributed by atoms with Crippen LogP contribution >= 0.6 is 0 Å². The molecule has 29 heavy (non-hydrogen) atoms. The van der Waals surface area contributed by atoms with Crippen LogP contribution in [-0.4, -0.2) is 25.0 Å². The lowest BCUT2D eigenvalue weighted by Gasteiger charge is -2.05. The average molecular weight is 377 g/mol. The average Bonchev–Trinajstić information content (AvgIpc) is 3.23. The number of nitrogens with zero attached hydrogens (tertiary/aromatic N) is 5. The lowest BCUT2D eigenvalue weighted by atomic mass is 10.1. The van der Waals surface area contributed by atoms with Crippen molar-refractivity contribution in [3.63, 3.8) is 0 Å². The van der Waals surface area contributed by atoms with E-state index in [0.29, 0.717) is 6.54 Å². The molecule has 5 heteroatoms. The summed E-state index contributed by atoms with van der Waals surface area (Å²) in [4.78, 5) is 4.74. The highest BCUT2D eigenvalue weighted by Crippen LogP contribution is 2.24. The number of benzene rings is 2. The Bertz CT molecular complexity index is 1290. The molecule has 0 fully saturated rings. The molecule has 0 aliphatic carbocycles. The number of fused-ring (bicyclic) bond motifs is 1. The Morgan fingerprint density at radius 2 is 1.62 bits per heavy atom. The first-order valence-corrected chi connectivity index (χ1v) is 9.54. The molecular formula is C24H19N5. The summed E-state index contributed by atoms with van der Waals surface area (Å²) in [5.74, 6) is 0. The molecule has 140 valence electrons. The number of aromatic nitrogens is 5. The Morgan fingerprint density at radius 3 is 2.48 bits per heavy atom. The maximum Gasteiger partial charge on any atom is 0.0930 e. The van der Waals surface area contributed by atoms with Crippen LogP contribution in [0.1, 0.15) is 11.4 Å². The van der Waals surface area contributed by atoms with E-state index in [1.54, 1.807) is 0 Å². The molecule has 3 aromatic heterocycles. The Kier molecular flexibility index (Phi) is 4.33. The van der Waals surface area contributed by atoms with Gasteiger partial charge in [-0.25, -0.2) is 0 Å². The quantitative estimate of drug-likeness (QED) is 0.446. The van der Waals surface area contributed by atoms with Gasteiger partial charge in [-0.2, -0.15) is 15.3 Å². The number of rotatable bonds is 4. The van der Waals surface area contributed by atoms with Crippen LogP contribution < -0.4 is 0 Å². The van der Waals surface area contributed by atoms with Crippen LogP contribution in [-0.2, 0) is 6.54 Å². The standard InChI is InChI=1S/C24H19N5/c1-17-9-12-23(27-26-17)19-6-4-7-20(15-19)24-13-14-29(28-24)16-21-11-10-18-5-2-3-8-22(18)25-21/h2-15H,16H2,1H3. The van der Waals surface area contributed by atoms with Crippen LogP contribution in [0, 0.1) is 6.92 Å². The second-order valence-corrected chi connectivity index (χ2v) is 7.03. The summed E-state index contributed by atoms with van der Waals surface area (Å²) >= 11 is 0. The summed E-state index contributed by atoms with van der Waals surface area (Å²) in [6.45, 7) is 2.57. The molecule has 5 nitrogen and oxygen atoms in total. The molecule has 0 radical (unpaired) electrons. The number of pyridine rings is 1. The highest BCUT2D eigenvalue weighted by Gasteiger charge is 2.07. The summed E-state index contributed by atoms with van der Waals surface area (Å²) in [5.41, 5.74) is 6.76. The van der Waals surface area contributed by atoms with Crippen LogP contribution in [0.25, 0.3) is 33.4 Å². The second-order valence-electron chi connectivity index (χ2n) is 7.03. The molecule has 0 saturated heterocycles. The van der Waals surface area contributed by atoms with Crippen molar-refractivity contribution in [2.24, 2.45) is 0 Å². The van der Waals surface area contributed by atoms with Crippen LogP contribution in [0.3, 0.4) is 0 Å². The number of hydrogen-bond acceptors (Lipinski definition) is 4. The largest absolute Gasteiger partial charge is 0.266 e. The van der Waals surface area contributed by atoms with E-state index in [1.165, 1.54) is 0 Å². The molecule has 0 saturated carbocycles. The first kappa shape index (κ1) is 17.3. The van der Waals surface area contributed by atoms with Crippen molar-refractivity contribution >= 4 is 10.9 Å². The molecule has 0 spiro atoms. The zero-order valence-electron chi connectivity index (χ0n) is 16.0. The Balaban J connectivity index is 1.40. The first-order chi connectivity index (χ1) is 14.2. The molecule has 0 atom stereocenters. The summed E-state index contributed by atoms with van der Waals surface area (Å²) in [6, 6.07) is 26.5. The fraction of sp³-hybridized carbons (Fsp3) is 0.0833. The van der Waals surface area contributed by atoms with Gasteiger partial charge in [0, 0.05) is 22.7 Å². The highest BCUT2D eigenvalue weighted by atomic mass is 15.3. The van der Waals surface area contributed by atoms with Crippen LogP contribution in [0.4, 0.5) is 0 Å². The molecular weight excluding hydrogens is 358 g/mol. The van der Waals surface area contributed by atoms with E-state index in [-0.39, 0.29) is 0 Å². The van der Waals surface area contributed by atoms with Crippen molar-refractivity contribution in [1.82, 2.24) is 25.0 Å². The van der Waals surface area contributed by atoms with Gasteiger partial charge in [-0.05, 0) is 43.3 Å². The summed E-state index contributed by atoms with van der Waals surface area (Å²) in [5, 5.41) is 14.3. The van der Waals surface area contributed by atoms with Gasteiger partial charge in [-0.15, -0.1) is 0 Å². The minimum absolute atomic E-state index is 0.633. The minimum Gasteiger partial charge on any atom is -0.266 e. The van der Waals surface area contributed by atoms with Gasteiger partial charge < -0.3 is 0 Å². The second kappa shape index (κ2) is 7.28. The maximum absolute atomic E-state index is 4.75. The number of hydrogen-bond donors (Lipinski definition) is 0. The van der Waals surface area contributed by atoms with E-state index in [4.69, 9.17) is 10.1 Å². The molecule has 5 rings (SSSR count). The van der Waals surface area contributed by atoms with Crippen LogP contribution in [0.5, 0.6) is 0 Å². The van der Waals surface area contributed by atoms with Crippen LogP contribution in [0.15, 0.2) is 85.1 Å². The molecule has 0 aliphatic rings. The van der Waals surface area contributed by atoms with Gasteiger partial charge in [-0.3, -0.25) is 9.67 Å². The van der Waals surface area contributed by atoms with Crippen molar-refractivity contribution in [2.45, 2.75) is 13.5 Å². The SMILES string of the molecule is Cc1ccc(-c2cccc(-c3ccn(Cc4ccc5ccccc5n4)n3)c2)nn1. The van der Waals surface area contributed by atoms with Crippen molar-refractivity contribution in [1.29, 1.82) is 0 Å². The molecule has 0 unspecified atom stereocenters. The van der Waals surface area contributed by atoms with Gasteiger partial charge in [-0.1, -0.05) is 42.5 Å².